The Kier molecular flexibility index (Phi) is 4.32. The second-order valence-electron chi connectivity index (χ2n) is 6.65. The standard InChI is InChI=1S/C23H20O4/c1-14-10-18-17-9-15(2)21(26-13-16-7-5-4-6-8-16)11-19(17)23(24)27-22(18)12-20(14)25-3/h4-12H,13H2,1-3H3. The smallest absolute Gasteiger partial charge is 0.344 e. The quantitative estimate of drug-likeness (QED) is 0.373. The molecule has 0 radical (unpaired) electrons. The molecule has 4 heteroatoms. The van der Waals surface area contributed by atoms with Crippen LogP contribution in [0.3, 0.4) is 0 Å². The first-order valence-corrected chi connectivity index (χ1v) is 8.79. The van der Waals surface area contributed by atoms with Crippen LogP contribution >= 0.6 is 0 Å². The van der Waals surface area contributed by atoms with Gasteiger partial charge in [0, 0.05) is 16.8 Å². The molecule has 136 valence electrons. The van der Waals surface area contributed by atoms with Gasteiger partial charge in [-0.2, -0.15) is 0 Å². The molecule has 0 saturated carbocycles. The molecule has 0 saturated heterocycles. The maximum atomic E-state index is 12.6. The lowest BCUT2D eigenvalue weighted by atomic mass is 10.0. The molecule has 0 spiro atoms. The van der Waals surface area contributed by atoms with Gasteiger partial charge in [0.1, 0.15) is 23.7 Å². The highest BCUT2D eigenvalue weighted by Crippen LogP contribution is 2.32. The molecule has 0 fully saturated rings. The van der Waals surface area contributed by atoms with E-state index in [9.17, 15) is 4.79 Å². The first-order valence-electron chi connectivity index (χ1n) is 8.79. The number of rotatable bonds is 4. The van der Waals surface area contributed by atoms with Crippen LogP contribution in [0.25, 0.3) is 21.7 Å². The topological polar surface area (TPSA) is 48.7 Å². The third-order valence-electron chi connectivity index (χ3n) is 4.76. The summed E-state index contributed by atoms with van der Waals surface area (Å²) in [4.78, 5) is 12.6. The molecule has 1 aromatic heterocycles. The maximum Gasteiger partial charge on any atom is 0.344 e. The van der Waals surface area contributed by atoms with Crippen molar-refractivity contribution in [2.24, 2.45) is 0 Å². The maximum absolute atomic E-state index is 12.6. The van der Waals surface area contributed by atoms with E-state index in [1.54, 1.807) is 19.2 Å². The second-order valence-corrected chi connectivity index (χ2v) is 6.65. The summed E-state index contributed by atoms with van der Waals surface area (Å²) in [5, 5.41) is 2.26. The summed E-state index contributed by atoms with van der Waals surface area (Å²) in [5.74, 6) is 1.38. The third kappa shape index (κ3) is 3.14. The van der Waals surface area contributed by atoms with E-state index in [-0.39, 0.29) is 5.63 Å². The Bertz CT molecular complexity index is 1190. The number of benzene rings is 3. The van der Waals surface area contributed by atoms with Gasteiger partial charge in [-0.25, -0.2) is 4.79 Å². The van der Waals surface area contributed by atoms with E-state index >= 15 is 0 Å². The fourth-order valence-corrected chi connectivity index (χ4v) is 3.31. The summed E-state index contributed by atoms with van der Waals surface area (Å²) < 4.78 is 16.8. The van der Waals surface area contributed by atoms with Gasteiger partial charge < -0.3 is 13.9 Å². The van der Waals surface area contributed by atoms with Crippen LogP contribution in [0, 0.1) is 13.8 Å². The summed E-state index contributed by atoms with van der Waals surface area (Å²) in [5.41, 5.74) is 3.17. The SMILES string of the molecule is COc1cc2oc(=O)c3cc(OCc4ccccc4)c(C)cc3c2cc1C. The molecular weight excluding hydrogens is 340 g/mol. The van der Waals surface area contributed by atoms with Gasteiger partial charge in [-0.05, 0) is 48.7 Å². The molecule has 0 bridgehead atoms. The summed E-state index contributed by atoms with van der Waals surface area (Å²) in [6.07, 6.45) is 0. The van der Waals surface area contributed by atoms with Crippen LogP contribution in [-0.2, 0) is 6.61 Å². The molecule has 27 heavy (non-hydrogen) atoms. The van der Waals surface area contributed by atoms with Crippen molar-refractivity contribution in [3.63, 3.8) is 0 Å². The average molecular weight is 360 g/mol. The Morgan fingerprint density at radius 1 is 0.852 bits per heavy atom. The highest BCUT2D eigenvalue weighted by atomic mass is 16.5. The largest absolute Gasteiger partial charge is 0.496 e. The first kappa shape index (κ1) is 17.2. The second kappa shape index (κ2) is 6.80. The number of hydrogen-bond acceptors (Lipinski definition) is 4. The van der Waals surface area contributed by atoms with Crippen LogP contribution in [0.4, 0.5) is 0 Å². The molecule has 0 unspecified atom stereocenters. The minimum Gasteiger partial charge on any atom is -0.496 e. The minimum atomic E-state index is -0.382. The highest BCUT2D eigenvalue weighted by molar-refractivity contribution is 6.05. The lowest BCUT2D eigenvalue weighted by molar-refractivity contribution is 0.304. The van der Waals surface area contributed by atoms with Crippen LogP contribution in [-0.4, -0.2) is 7.11 Å². The summed E-state index contributed by atoms with van der Waals surface area (Å²) >= 11 is 0. The Balaban J connectivity index is 1.83. The summed E-state index contributed by atoms with van der Waals surface area (Å²) in [6, 6.07) is 17.5. The fraction of sp³-hybridized carbons (Fsp3) is 0.174. The molecule has 1 heterocycles. The van der Waals surface area contributed by atoms with Crippen molar-refractivity contribution in [2.45, 2.75) is 20.5 Å². The molecule has 3 aromatic carbocycles. The van der Waals surface area contributed by atoms with Crippen molar-refractivity contribution < 1.29 is 13.9 Å². The predicted octanol–water partition coefficient (Wildman–Crippen LogP) is 5.15. The van der Waals surface area contributed by atoms with Gasteiger partial charge in [0.05, 0.1) is 12.5 Å². The van der Waals surface area contributed by atoms with Crippen molar-refractivity contribution in [2.75, 3.05) is 7.11 Å². The van der Waals surface area contributed by atoms with Crippen LogP contribution in [0.1, 0.15) is 16.7 Å². The third-order valence-corrected chi connectivity index (χ3v) is 4.76. The number of hydrogen-bond donors (Lipinski definition) is 0. The summed E-state index contributed by atoms with van der Waals surface area (Å²) in [7, 11) is 1.60. The van der Waals surface area contributed by atoms with Crippen molar-refractivity contribution in [1.29, 1.82) is 0 Å². The Morgan fingerprint density at radius 3 is 2.30 bits per heavy atom. The summed E-state index contributed by atoms with van der Waals surface area (Å²) in [6.45, 7) is 4.40. The van der Waals surface area contributed by atoms with Crippen molar-refractivity contribution in [3.05, 3.63) is 81.7 Å². The van der Waals surface area contributed by atoms with Crippen molar-refractivity contribution in [3.8, 4) is 11.5 Å². The van der Waals surface area contributed by atoms with Gasteiger partial charge in [-0.1, -0.05) is 30.3 Å². The number of methoxy groups -OCH3 is 1. The Labute approximate surface area is 157 Å². The van der Waals surface area contributed by atoms with E-state index in [1.807, 2.05) is 56.3 Å². The Hall–Kier alpha value is -3.27. The monoisotopic (exact) mass is 360 g/mol. The van der Waals surface area contributed by atoms with Gasteiger partial charge >= 0.3 is 5.63 Å². The average Bonchev–Trinajstić information content (AvgIpc) is 2.68. The zero-order valence-corrected chi connectivity index (χ0v) is 15.5. The number of ether oxygens (including phenoxy) is 2. The normalized spacial score (nSPS) is 11.1. The van der Waals surface area contributed by atoms with Gasteiger partial charge in [0.2, 0.25) is 0 Å². The van der Waals surface area contributed by atoms with Gasteiger partial charge in [-0.15, -0.1) is 0 Å². The van der Waals surface area contributed by atoms with E-state index in [0.717, 1.165) is 27.5 Å². The van der Waals surface area contributed by atoms with Gasteiger partial charge in [0.25, 0.3) is 0 Å². The lowest BCUT2D eigenvalue weighted by Gasteiger charge is -2.12. The fourth-order valence-electron chi connectivity index (χ4n) is 3.31. The zero-order chi connectivity index (χ0) is 19.0. The zero-order valence-electron chi connectivity index (χ0n) is 15.5. The van der Waals surface area contributed by atoms with E-state index in [4.69, 9.17) is 13.9 Å². The Morgan fingerprint density at radius 2 is 1.56 bits per heavy atom. The molecule has 0 N–H and O–H groups in total. The molecule has 0 amide bonds. The van der Waals surface area contributed by atoms with E-state index < -0.39 is 0 Å². The van der Waals surface area contributed by atoms with Crippen molar-refractivity contribution in [1.82, 2.24) is 0 Å². The van der Waals surface area contributed by atoms with Gasteiger partial charge in [-0.3, -0.25) is 0 Å². The van der Waals surface area contributed by atoms with Crippen LogP contribution in [0.5, 0.6) is 11.5 Å². The number of fused-ring (bicyclic) bond motifs is 3. The van der Waals surface area contributed by atoms with Gasteiger partial charge in [0.15, 0.2) is 0 Å². The van der Waals surface area contributed by atoms with E-state index in [0.29, 0.717) is 29.1 Å². The molecule has 4 rings (SSSR count). The predicted molar refractivity (Wildman–Crippen MR) is 107 cm³/mol. The van der Waals surface area contributed by atoms with E-state index in [2.05, 4.69) is 0 Å². The highest BCUT2D eigenvalue weighted by Gasteiger charge is 2.13. The van der Waals surface area contributed by atoms with E-state index in [1.165, 1.54) is 0 Å². The molecule has 0 aliphatic carbocycles. The first-order chi connectivity index (χ1) is 13.1. The van der Waals surface area contributed by atoms with Crippen LogP contribution in [0.15, 0.2) is 63.8 Å². The molecule has 0 atom stereocenters. The van der Waals surface area contributed by atoms with Crippen LogP contribution < -0.4 is 15.1 Å². The van der Waals surface area contributed by atoms with Crippen LogP contribution in [0.2, 0.25) is 0 Å². The molecule has 4 aromatic rings. The molecule has 0 aliphatic rings. The molecule has 0 aliphatic heterocycles. The lowest BCUT2D eigenvalue weighted by Crippen LogP contribution is -2.03. The minimum absolute atomic E-state index is 0.382. The molecular formula is C23H20O4. The van der Waals surface area contributed by atoms with Crippen molar-refractivity contribution >= 4 is 21.7 Å². The molecule has 4 nitrogen and oxygen atoms in total. The number of aryl methyl sites for hydroxylation is 2.